The molecule has 5 heteroatoms. The van der Waals surface area contributed by atoms with E-state index in [9.17, 15) is 9.90 Å². The van der Waals surface area contributed by atoms with Crippen LogP contribution in [0, 0.1) is 5.92 Å². The van der Waals surface area contributed by atoms with Gasteiger partial charge in [-0.25, -0.2) is 0 Å². The van der Waals surface area contributed by atoms with E-state index in [4.69, 9.17) is 4.74 Å². The zero-order valence-corrected chi connectivity index (χ0v) is 11.0. The second-order valence-electron chi connectivity index (χ2n) is 5.36. The Labute approximate surface area is 108 Å². The molecule has 2 fully saturated rings. The van der Waals surface area contributed by atoms with Gasteiger partial charge in [-0.05, 0) is 19.8 Å². The molecule has 1 amide bonds. The van der Waals surface area contributed by atoms with Gasteiger partial charge in [0.2, 0.25) is 5.91 Å². The molecular weight excluding hydrogens is 232 g/mol. The molecule has 18 heavy (non-hydrogen) atoms. The Bertz CT molecular complexity index is 285. The highest BCUT2D eigenvalue weighted by Crippen LogP contribution is 2.23. The quantitative estimate of drug-likeness (QED) is 0.666. The molecule has 0 spiro atoms. The Morgan fingerprint density at radius 3 is 2.94 bits per heavy atom. The van der Waals surface area contributed by atoms with Gasteiger partial charge in [-0.1, -0.05) is 12.8 Å². The second kappa shape index (κ2) is 6.50. The zero-order chi connectivity index (χ0) is 13.0. The van der Waals surface area contributed by atoms with E-state index in [1.807, 2.05) is 6.92 Å². The number of morpholine rings is 1. The van der Waals surface area contributed by atoms with Crippen LogP contribution < -0.4 is 10.6 Å². The average molecular weight is 256 g/mol. The molecule has 2 rings (SSSR count). The maximum absolute atomic E-state index is 12.0. The number of hydrogen-bond donors (Lipinski definition) is 3. The largest absolute Gasteiger partial charge is 0.393 e. The van der Waals surface area contributed by atoms with E-state index >= 15 is 0 Å². The fourth-order valence-electron chi connectivity index (χ4n) is 2.80. The van der Waals surface area contributed by atoms with Crippen LogP contribution in [0.1, 0.15) is 32.6 Å². The summed E-state index contributed by atoms with van der Waals surface area (Å²) in [5, 5.41) is 16.0. The predicted octanol–water partition coefficient (Wildman–Crippen LogP) is 0.0306. The summed E-state index contributed by atoms with van der Waals surface area (Å²) in [6.07, 6.45) is 3.77. The molecule has 0 radical (unpaired) electrons. The van der Waals surface area contributed by atoms with Gasteiger partial charge in [0.05, 0.1) is 18.8 Å². The lowest BCUT2D eigenvalue weighted by atomic mass is 9.86. The van der Waals surface area contributed by atoms with E-state index in [0.29, 0.717) is 19.7 Å². The van der Waals surface area contributed by atoms with E-state index in [1.54, 1.807) is 0 Å². The molecule has 1 saturated heterocycles. The van der Waals surface area contributed by atoms with Crippen LogP contribution in [0.4, 0.5) is 0 Å². The van der Waals surface area contributed by atoms with Gasteiger partial charge in [0.1, 0.15) is 6.04 Å². The van der Waals surface area contributed by atoms with Crippen LogP contribution >= 0.6 is 0 Å². The lowest BCUT2D eigenvalue weighted by Crippen LogP contribution is -2.56. The highest BCUT2D eigenvalue weighted by atomic mass is 16.5. The molecule has 1 aliphatic heterocycles. The van der Waals surface area contributed by atoms with Crippen molar-refractivity contribution in [1.82, 2.24) is 10.6 Å². The summed E-state index contributed by atoms with van der Waals surface area (Å²) in [4.78, 5) is 12.0. The molecule has 104 valence electrons. The maximum Gasteiger partial charge on any atom is 0.239 e. The van der Waals surface area contributed by atoms with E-state index < -0.39 is 0 Å². The lowest BCUT2D eigenvalue weighted by Gasteiger charge is -2.31. The Morgan fingerprint density at radius 1 is 1.44 bits per heavy atom. The maximum atomic E-state index is 12.0. The van der Waals surface area contributed by atoms with Crippen molar-refractivity contribution < 1.29 is 14.6 Å². The summed E-state index contributed by atoms with van der Waals surface area (Å²) in [6.45, 7) is 3.86. The van der Waals surface area contributed by atoms with Crippen molar-refractivity contribution >= 4 is 5.91 Å². The van der Waals surface area contributed by atoms with Crippen LogP contribution in [-0.2, 0) is 9.53 Å². The van der Waals surface area contributed by atoms with Crippen LogP contribution in [0.2, 0.25) is 0 Å². The molecule has 0 bridgehead atoms. The first-order valence-corrected chi connectivity index (χ1v) is 6.99. The standard InChI is InChI=1S/C13H24N2O3/c1-9-12(14-6-7-18-9)13(17)15-8-10-4-2-3-5-11(10)16/h9-12,14,16H,2-8H2,1H3,(H,15,17)/t9-,10?,11?,12+/m1/s1. The molecule has 2 aliphatic rings. The fraction of sp³-hybridized carbons (Fsp3) is 0.923. The Hall–Kier alpha value is -0.650. The number of carbonyl (C=O) groups is 1. The third-order valence-electron chi connectivity index (χ3n) is 4.01. The molecule has 1 aliphatic carbocycles. The fourth-order valence-corrected chi connectivity index (χ4v) is 2.80. The number of aliphatic hydroxyl groups is 1. The highest BCUT2D eigenvalue weighted by Gasteiger charge is 2.29. The number of amides is 1. The van der Waals surface area contributed by atoms with Crippen molar-refractivity contribution in [1.29, 1.82) is 0 Å². The van der Waals surface area contributed by atoms with Gasteiger partial charge in [-0.2, -0.15) is 0 Å². The third kappa shape index (κ3) is 3.43. The van der Waals surface area contributed by atoms with Gasteiger partial charge >= 0.3 is 0 Å². The summed E-state index contributed by atoms with van der Waals surface area (Å²) in [7, 11) is 0. The van der Waals surface area contributed by atoms with Gasteiger partial charge < -0.3 is 20.5 Å². The van der Waals surface area contributed by atoms with Crippen LogP contribution in [0.5, 0.6) is 0 Å². The summed E-state index contributed by atoms with van der Waals surface area (Å²) in [5.41, 5.74) is 0. The van der Waals surface area contributed by atoms with Crippen molar-refractivity contribution in [2.45, 2.75) is 50.9 Å². The average Bonchev–Trinajstić information content (AvgIpc) is 2.38. The number of aliphatic hydroxyl groups excluding tert-OH is 1. The molecule has 2 unspecified atom stereocenters. The number of nitrogens with one attached hydrogen (secondary N) is 2. The second-order valence-corrected chi connectivity index (χ2v) is 5.36. The van der Waals surface area contributed by atoms with E-state index in [1.165, 1.54) is 0 Å². The summed E-state index contributed by atoms with van der Waals surface area (Å²) < 4.78 is 5.45. The summed E-state index contributed by atoms with van der Waals surface area (Å²) in [6, 6.07) is -0.264. The van der Waals surface area contributed by atoms with E-state index in [0.717, 1.165) is 25.7 Å². The van der Waals surface area contributed by atoms with Gasteiger partial charge in [0, 0.05) is 19.0 Å². The Kier molecular flexibility index (Phi) is 4.97. The number of ether oxygens (including phenoxy) is 1. The normalized spacial score (nSPS) is 37.2. The minimum Gasteiger partial charge on any atom is -0.393 e. The topological polar surface area (TPSA) is 70.6 Å². The van der Waals surface area contributed by atoms with Gasteiger partial charge in [-0.15, -0.1) is 0 Å². The van der Waals surface area contributed by atoms with Gasteiger partial charge in [0.25, 0.3) is 0 Å². The number of hydrogen-bond acceptors (Lipinski definition) is 4. The first kappa shape index (κ1) is 13.8. The number of carbonyl (C=O) groups excluding carboxylic acids is 1. The third-order valence-corrected chi connectivity index (χ3v) is 4.01. The summed E-state index contributed by atoms with van der Waals surface area (Å²) >= 11 is 0. The van der Waals surface area contributed by atoms with Crippen molar-refractivity contribution in [3.63, 3.8) is 0 Å². The lowest BCUT2D eigenvalue weighted by molar-refractivity contribution is -0.129. The van der Waals surface area contributed by atoms with Crippen LogP contribution in [0.3, 0.4) is 0 Å². The first-order chi connectivity index (χ1) is 8.68. The van der Waals surface area contributed by atoms with Crippen molar-refractivity contribution in [3.8, 4) is 0 Å². The summed E-state index contributed by atoms with van der Waals surface area (Å²) in [5.74, 6) is 0.197. The Balaban J connectivity index is 1.76. The molecule has 1 heterocycles. The minimum absolute atomic E-state index is 0.0139. The first-order valence-electron chi connectivity index (χ1n) is 6.99. The van der Waals surface area contributed by atoms with Crippen molar-refractivity contribution in [3.05, 3.63) is 0 Å². The molecule has 0 aromatic rings. The monoisotopic (exact) mass is 256 g/mol. The Morgan fingerprint density at radius 2 is 2.22 bits per heavy atom. The van der Waals surface area contributed by atoms with Gasteiger partial charge in [-0.3, -0.25) is 4.79 Å². The molecule has 3 N–H and O–H groups in total. The predicted molar refractivity (Wildman–Crippen MR) is 68.2 cm³/mol. The molecule has 0 aromatic carbocycles. The minimum atomic E-state index is -0.264. The molecule has 1 saturated carbocycles. The van der Waals surface area contributed by atoms with Crippen LogP contribution in [-0.4, -0.2) is 49.0 Å². The smallest absolute Gasteiger partial charge is 0.239 e. The molecule has 5 nitrogen and oxygen atoms in total. The van der Waals surface area contributed by atoms with E-state index in [2.05, 4.69) is 10.6 Å². The van der Waals surface area contributed by atoms with Crippen molar-refractivity contribution in [2.75, 3.05) is 19.7 Å². The number of rotatable bonds is 3. The van der Waals surface area contributed by atoms with E-state index in [-0.39, 0.29) is 30.1 Å². The molecule has 4 atom stereocenters. The molecular formula is C13H24N2O3. The SMILES string of the molecule is C[C@H]1OCCN[C@@H]1C(=O)NCC1CCCCC1O. The van der Waals surface area contributed by atoms with Crippen molar-refractivity contribution in [2.24, 2.45) is 5.92 Å². The van der Waals surface area contributed by atoms with Crippen LogP contribution in [0.25, 0.3) is 0 Å². The highest BCUT2D eigenvalue weighted by molar-refractivity contribution is 5.82. The van der Waals surface area contributed by atoms with Crippen LogP contribution in [0.15, 0.2) is 0 Å². The molecule has 0 aromatic heterocycles. The van der Waals surface area contributed by atoms with Gasteiger partial charge in [0.15, 0.2) is 0 Å². The zero-order valence-electron chi connectivity index (χ0n) is 11.0.